The normalized spacial score (nSPS) is 12.7. The number of hydrogen-bond acceptors (Lipinski definition) is 2. The Morgan fingerprint density at radius 3 is 2.52 bits per heavy atom. The Kier molecular flexibility index (Phi) is 4.02. The number of benzene rings is 2. The highest BCUT2D eigenvalue weighted by molar-refractivity contribution is 5.75. The van der Waals surface area contributed by atoms with Crippen LogP contribution in [0.15, 0.2) is 54.6 Å². The predicted molar refractivity (Wildman–Crippen MR) is 87.2 cm³/mol. The fourth-order valence-corrected chi connectivity index (χ4v) is 2.66. The van der Waals surface area contributed by atoms with Crippen molar-refractivity contribution in [3.8, 4) is 0 Å². The van der Waals surface area contributed by atoms with Crippen LogP contribution in [0.3, 0.4) is 0 Å². The summed E-state index contributed by atoms with van der Waals surface area (Å²) in [5.74, 6) is 1.08. The van der Waals surface area contributed by atoms with Crippen LogP contribution >= 0.6 is 0 Å². The first kappa shape index (κ1) is 13.8. The van der Waals surface area contributed by atoms with Gasteiger partial charge in [-0.2, -0.15) is 0 Å². The molecule has 0 saturated carbocycles. The van der Waals surface area contributed by atoms with Crippen LogP contribution in [0.1, 0.15) is 18.3 Å². The van der Waals surface area contributed by atoms with Crippen molar-refractivity contribution in [3.05, 3.63) is 66.0 Å². The molecule has 1 atom stereocenters. The summed E-state index contributed by atoms with van der Waals surface area (Å²) >= 11 is 0. The molecule has 3 aromatic rings. The van der Waals surface area contributed by atoms with E-state index < -0.39 is 0 Å². The molecular formula is C18H21N3. The molecule has 108 valence electrons. The van der Waals surface area contributed by atoms with Gasteiger partial charge >= 0.3 is 0 Å². The maximum Gasteiger partial charge on any atom is 0.123 e. The van der Waals surface area contributed by atoms with Crippen molar-refractivity contribution in [2.45, 2.75) is 25.9 Å². The summed E-state index contributed by atoms with van der Waals surface area (Å²) < 4.78 is 2.16. The third-order valence-corrected chi connectivity index (χ3v) is 3.87. The summed E-state index contributed by atoms with van der Waals surface area (Å²) in [6.07, 6.45) is 1.03. The Morgan fingerprint density at radius 1 is 1.05 bits per heavy atom. The SMILES string of the molecule is CC(Cc1ccccc1)NCc1nc2ccccc2n1C. The summed E-state index contributed by atoms with van der Waals surface area (Å²) in [5.41, 5.74) is 3.61. The van der Waals surface area contributed by atoms with Gasteiger partial charge in [0, 0.05) is 13.1 Å². The first-order valence-corrected chi connectivity index (χ1v) is 7.41. The molecule has 1 unspecified atom stereocenters. The monoisotopic (exact) mass is 279 g/mol. The summed E-state index contributed by atoms with van der Waals surface area (Å²) in [7, 11) is 2.08. The molecule has 0 radical (unpaired) electrons. The number of nitrogens with one attached hydrogen (secondary N) is 1. The fraction of sp³-hybridized carbons (Fsp3) is 0.278. The van der Waals surface area contributed by atoms with Gasteiger partial charge in [-0.25, -0.2) is 4.98 Å². The first-order chi connectivity index (χ1) is 10.2. The Morgan fingerprint density at radius 2 is 1.76 bits per heavy atom. The van der Waals surface area contributed by atoms with E-state index in [1.165, 1.54) is 11.1 Å². The molecule has 0 spiro atoms. The van der Waals surface area contributed by atoms with Gasteiger partial charge in [0.05, 0.1) is 17.6 Å². The van der Waals surface area contributed by atoms with Gasteiger partial charge in [-0.05, 0) is 31.0 Å². The zero-order chi connectivity index (χ0) is 14.7. The van der Waals surface area contributed by atoms with Crippen molar-refractivity contribution in [1.29, 1.82) is 0 Å². The van der Waals surface area contributed by atoms with Gasteiger partial charge in [-0.15, -0.1) is 0 Å². The van der Waals surface area contributed by atoms with Crippen molar-refractivity contribution < 1.29 is 0 Å². The van der Waals surface area contributed by atoms with Crippen LogP contribution in [0.4, 0.5) is 0 Å². The van der Waals surface area contributed by atoms with Crippen LogP contribution in [0.25, 0.3) is 11.0 Å². The van der Waals surface area contributed by atoms with Gasteiger partial charge < -0.3 is 9.88 Å². The topological polar surface area (TPSA) is 29.9 Å². The summed E-state index contributed by atoms with van der Waals surface area (Å²) in [5, 5.41) is 3.57. The van der Waals surface area contributed by atoms with Crippen LogP contribution in [0.2, 0.25) is 0 Å². The third-order valence-electron chi connectivity index (χ3n) is 3.87. The van der Waals surface area contributed by atoms with Crippen molar-refractivity contribution in [2.24, 2.45) is 7.05 Å². The Labute approximate surface area is 125 Å². The second-order valence-electron chi connectivity index (χ2n) is 5.55. The van der Waals surface area contributed by atoms with Crippen molar-refractivity contribution in [1.82, 2.24) is 14.9 Å². The summed E-state index contributed by atoms with van der Waals surface area (Å²) in [6, 6.07) is 19.3. The second-order valence-corrected chi connectivity index (χ2v) is 5.55. The van der Waals surface area contributed by atoms with Crippen LogP contribution in [0.5, 0.6) is 0 Å². The van der Waals surface area contributed by atoms with E-state index in [0.717, 1.165) is 24.3 Å². The fourth-order valence-electron chi connectivity index (χ4n) is 2.66. The highest BCUT2D eigenvalue weighted by Gasteiger charge is 2.08. The lowest BCUT2D eigenvalue weighted by atomic mass is 10.1. The molecule has 0 saturated heterocycles. The van der Waals surface area contributed by atoms with Crippen molar-refractivity contribution in [3.63, 3.8) is 0 Å². The van der Waals surface area contributed by atoms with E-state index in [1.807, 2.05) is 6.07 Å². The zero-order valence-corrected chi connectivity index (χ0v) is 12.6. The van der Waals surface area contributed by atoms with Gasteiger partial charge in [0.15, 0.2) is 0 Å². The highest BCUT2D eigenvalue weighted by atomic mass is 15.1. The Bertz CT molecular complexity index is 716. The van der Waals surface area contributed by atoms with Gasteiger partial charge in [0.25, 0.3) is 0 Å². The summed E-state index contributed by atoms with van der Waals surface area (Å²) in [6.45, 7) is 3.01. The molecule has 3 nitrogen and oxygen atoms in total. The van der Waals surface area contributed by atoms with E-state index in [0.29, 0.717) is 6.04 Å². The molecule has 0 aliphatic carbocycles. The molecule has 0 amide bonds. The lowest BCUT2D eigenvalue weighted by molar-refractivity contribution is 0.527. The number of imidazole rings is 1. The van der Waals surface area contributed by atoms with E-state index in [2.05, 4.69) is 72.4 Å². The third kappa shape index (κ3) is 3.14. The second kappa shape index (κ2) is 6.10. The van der Waals surface area contributed by atoms with Crippen LogP contribution in [-0.4, -0.2) is 15.6 Å². The molecule has 0 aliphatic heterocycles. The average Bonchev–Trinajstić information content (AvgIpc) is 2.83. The number of rotatable bonds is 5. The average molecular weight is 279 g/mol. The minimum atomic E-state index is 0.423. The van der Waals surface area contributed by atoms with E-state index in [1.54, 1.807) is 0 Å². The molecule has 0 aliphatic rings. The molecule has 3 rings (SSSR count). The number of fused-ring (bicyclic) bond motifs is 1. The van der Waals surface area contributed by atoms with Crippen molar-refractivity contribution >= 4 is 11.0 Å². The Hall–Kier alpha value is -2.13. The van der Waals surface area contributed by atoms with Crippen LogP contribution in [-0.2, 0) is 20.0 Å². The van der Waals surface area contributed by atoms with E-state index in [-0.39, 0.29) is 0 Å². The first-order valence-electron chi connectivity index (χ1n) is 7.41. The van der Waals surface area contributed by atoms with Crippen LogP contribution < -0.4 is 5.32 Å². The zero-order valence-electron chi connectivity index (χ0n) is 12.6. The molecule has 0 bridgehead atoms. The molecule has 1 heterocycles. The standard InChI is InChI=1S/C18H21N3/c1-14(12-15-8-4-3-5-9-15)19-13-18-20-16-10-6-7-11-17(16)21(18)2/h3-11,14,19H,12-13H2,1-2H3. The predicted octanol–water partition coefficient (Wildman–Crippen LogP) is 3.29. The molecule has 3 heteroatoms. The minimum absolute atomic E-state index is 0.423. The lowest BCUT2D eigenvalue weighted by Crippen LogP contribution is -2.28. The van der Waals surface area contributed by atoms with E-state index >= 15 is 0 Å². The highest BCUT2D eigenvalue weighted by Crippen LogP contribution is 2.14. The number of hydrogen-bond donors (Lipinski definition) is 1. The molecule has 21 heavy (non-hydrogen) atoms. The molecular weight excluding hydrogens is 258 g/mol. The van der Waals surface area contributed by atoms with Gasteiger partial charge in [-0.1, -0.05) is 42.5 Å². The quantitative estimate of drug-likeness (QED) is 0.776. The van der Waals surface area contributed by atoms with Gasteiger partial charge in [0.2, 0.25) is 0 Å². The maximum absolute atomic E-state index is 4.69. The van der Waals surface area contributed by atoms with Gasteiger partial charge in [0.1, 0.15) is 5.82 Å². The van der Waals surface area contributed by atoms with E-state index in [9.17, 15) is 0 Å². The number of aromatic nitrogens is 2. The number of aryl methyl sites for hydroxylation is 1. The molecule has 1 aromatic heterocycles. The molecule has 2 aromatic carbocycles. The Balaban J connectivity index is 1.65. The number of para-hydroxylation sites is 2. The summed E-state index contributed by atoms with van der Waals surface area (Å²) in [4.78, 5) is 4.69. The molecule has 1 N–H and O–H groups in total. The number of nitrogens with zero attached hydrogens (tertiary/aromatic N) is 2. The largest absolute Gasteiger partial charge is 0.330 e. The lowest BCUT2D eigenvalue weighted by Gasteiger charge is -2.13. The maximum atomic E-state index is 4.69. The van der Waals surface area contributed by atoms with Gasteiger partial charge in [-0.3, -0.25) is 0 Å². The van der Waals surface area contributed by atoms with Crippen LogP contribution in [0, 0.1) is 0 Å². The smallest absolute Gasteiger partial charge is 0.123 e. The van der Waals surface area contributed by atoms with Crippen molar-refractivity contribution in [2.75, 3.05) is 0 Å². The molecule has 0 fully saturated rings. The minimum Gasteiger partial charge on any atom is -0.330 e. The van der Waals surface area contributed by atoms with E-state index in [4.69, 9.17) is 4.98 Å².